The molecular formula is C24H36BrClN4. The van der Waals surface area contributed by atoms with E-state index in [-0.39, 0.29) is 6.04 Å². The first-order valence-electron chi connectivity index (χ1n) is 10.5. The molecule has 166 valence electrons. The summed E-state index contributed by atoms with van der Waals surface area (Å²) in [5.74, 6) is 0. The highest BCUT2D eigenvalue weighted by atomic mass is 79.9. The summed E-state index contributed by atoms with van der Waals surface area (Å²) in [5.41, 5.74) is 4.69. The number of piperazine rings is 1. The van der Waals surface area contributed by atoms with E-state index >= 15 is 0 Å². The van der Waals surface area contributed by atoms with Crippen molar-refractivity contribution in [3.05, 3.63) is 71.2 Å². The van der Waals surface area contributed by atoms with Crippen molar-refractivity contribution < 1.29 is 0 Å². The maximum atomic E-state index is 6.24. The summed E-state index contributed by atoms with van der Waals surface area (Å²) in [6, 6.07) is 6.48. The number of benzene rings is 1. The predicted molar refractivity (Wildman–Crippen MR) is 137 cm³/mol. The molecule has 1 aliphatic rings. The molecule has 6 heteroatoms. The third-order valence-corrected chi connectivity index (χ3v) is 5.17. The van der Waals surface area contributed by atoms with Crippen molar-refractivity contribution in [1.29, 1.82) is 0 Å². The SMILES string of the molecule is C=CNC(=C)C.CC/C=C(\N=CCBr)[C@@H](c1ccc(Cl)cc1CC)N1CCNCC1. The maximum absolute atomic E-state index is 6.24. The third kappa shape index (κ3) is 9.17. The number of nitrogens with one attached hydrogen (secondary N) is 2. The van der Waals surface area contributed by atoms with Crippen molar-refractivity contribution in [1.82, 2.24) is 15.5 Å². The summed E-state index contributed by atoms with van der Waals surface area (Å²) in [7, 11) is 0. The van der Waals surface area contributed by atoms with Crippen LogP contribution in [-0.4, -0.2) is 42.6 Å². The zero-order valence-electron chi connectivity index (χ0n) is 18.6. The lowest BCUT2D eigenvalue weighted by Gasteiger charge is -2.36. The highest BCUT2D eigenvalue weighted by Gasteiger charge is 2.27. The number of allylic oxidation sites excluding steroid dienone is 2. The van der Waals surface area contributed by atoms with Crippen LogP contribution in [0, 0.1) is 0 Å². The Bertz CT molecular complexity index is 724. The third-order valence-electron chi connectivity index (χ3n) is 4.65. The molecule has 2 N–H and O–H groups in total. The molecule has 1 heterocycles. The van der Waals surface area contributed by atoms with Gasteiger partial charge < -0.3 is 10.6 Å². The molecule has 0 spiro atoms. The number of halogens is 2. The molecular weight excluding hydrogens is 460 g/mol. The molecule has 1 aromatic rings. The predicted octanol–water partition coefficient (Wildman–Crippen LogP) is 5.86. The van der Waals surface area contributed by atoms with Crippen LogP contribution in [0.25, 0.3) is 0 Å². The van der Waals surface area contributed by atoms with Gasteiger partial charge in [-0.15, -0.1) is 0 Å². The van der Waals surface area contributed by atoms with E-state index in [0.717, 1.165) is 60.8 Å². The first kappa shape index (κ1) is 26.6. The van der Waals surface area contributed by atoms with Gasteiger partial charge in [0.2, 0.25) is 0 Å². The van der Waals surface area contributed by atoms with Crippen LogP contribution in [0.2, 0.25) is 5.02 Å². The molecule has 4 nitrogen and oxygen atoms in total. The van der Waals surface area contributed by atoms with E-state index in [1.807, 2.05) is 19.2 Å². The fourth-order valence-electron chi connectivity index (χ4n) is 3.39. The fourth-order valence-corrected chi connectivity index (χ4v) is 3.73. The lowest BCUT2D eigenvalue weighted by molar-refractivity contribution is 0.194. The average Bonchev–Trinajstić information content (AvgIpc) is 2.74. The van der Waals surface area contributed by atoms with Gasteiger partial charge in [-0.25, -0.2) is 0 Å². The molecule has 2 rings (SSSR count). The Hall–Kier alpha value is -1.40. The first-order chi connectivity index (χ1) is 14.5. The number of alkyl halides is 1. The Morgan fingerprint density at radius 1 is 1.37 bits per heavy atom. The van der Waals surface area contributed by atoms with Crippen LogP contribution in [0.15, 0.2) is 60.0 Å². The summed E-state index contributed by atoms with van der Waals surface area (Å²) in [5, 5.41) is 7.80. The molecule has 1 fully saturated rings. The minimum atomic E-state index is 0.189. The Kier molecular flexibility index (Phi) is 13.7. The molecule has 1 aromatic carbocycles. The van der Waals surface area contributed by atoms with Crippen LogP contribution in [0.5, 0.6) is 0 Å². The summed E-state index contributed by atoms with van der Waals surface area (Å²) >= 11 is 9.69. The first-order valence-corrected chi connectivity index (χ1v) is 12.0. The van der Waals surface area contributed by atoms with E-state index in [4.69, 9.17) is 16.6 Å². The topological polar surface area (TPSA) is 39.7 Å². The van der Waals surface area contributed by atoms with E-state index in [9.17, 15) is 0 Å². The van der Waals surface area contributed by atoms with E-state index in [0.29, 0.717) is 0 Å². The van der Waals surface area contributed by atoms with Crippen molar-refractivity contribution in [2.24, 2.45) is 4.99 Å². The number of hydrogen-bond donors (Lipinski definition) is 2. The largest absolute Gasteiger partial charge is 0.366 e. The highest BCUT2D eigenvalue weighted by Crippen LogP contribution is 2.34. The summed E-state index contributed by atoms with van der Waals surface area (Å²) in [6.07, 6.45) is 7.74. The van der Waals surface area contributed by atoms with E-state index in [1.54, 1.807) is 6.20 Å². The second kappa shape index (κ2) is 15.4. The lowest BCUT2D eigenvalue weighted by atomic mass is 9.94. The van der Waals surface area contributed by atoms with Crippen molar-refractivity contribution >= 4 is 33.7 Å². The van der Waals surface area contributed by atoms with Gasteiger partial charge in [0.1, 0.15) is 0 Å². The summed E-state index contributed by atoms with van der Waals surface area (Å²) in [6.45, 7) is 17.3. The molecule has 0 unspecified atom stereocenters. The van der Waals surface area contributed by atoms with Crippen LogP contribution in [0.4, 0.5) is 0 Å². The fraction of sp³-hybridized carbons (Fsp3) is 0.458. The summed E-state index contributed by atoms with van der Waals surface area (Å²) < 4.78 is 0. The van der Waals surface area contributed by atoms with Crippen LogP contribution >= 0.6 is 27.5 Å². The zero-order chi connectivity index (χ0) is 22.4. The minimum Gasteiger partial charge on any atom is -0.366 e. The second-order valence-electron chi connectivity index (χ2n) is 7.02. The van der Waals surface area contributed by atoms with Crippen molar-refractivity contribution in [2.75, 3.05) is 31.5 Å². The van der Waals surface area contributed by atoms with Gasteiger partial charge in [0.25, 0.3) is 0 Å². The quantitative estimate of drug-likeness (QED) is 0.333. The highest BCUT2D eigenvalue weighted by molar-refractivity contribution is 9.09. The Morgan fingerprint density at radius 2 is 2.07 bits per heavy atom. The number of nitrogens with zero attached hydrogens (tertiary/aromatic N) is 2. The van der Waals surface area contributed by atoms with Gasteiger partial charge in [-0.1, -0.05) is 66.7 Å². The number of aliphatic imine (C=N–C) groups is 1. The molecule has 1 aliphatic heterocycles. The molecule has 0 amide bonds. The number of hydrogen-bond acceptors (Lipinski definition) is 4. The van der Waals surface area contributed by atoms with Crippen LogP contribution < -0.4 is 10.6 Å². The van der Waals surface area contributed by atoms with Crippen LogP contribution in [0.3, 0.4) is 0 Å². The van der Waals surface area contributed by atoms with Gasteiger partial charge >= 0.3 is 0 Å². The second-order valence-corrected chi connectivity index (χ2v) is 8.10. The van der Waals surface area contributed by atoms with Crippen molar-refractivity contribution in [3.8, 4) is 0 Å². The van der Waals surface area contributed by atoms with Gasteiger partial charge in [-0.05, 0) is 49.2 Å². The zero-order valence-corrected chi connectivity index (χ0v) is 20.9. The smallest absolute Gasteiger partial charge is 0.0776 e. The van der Waals surface area contributed by atoms with Gasteiger partial charge in [0.15, 0.2) is 0 Å². The number of rotatable bonds is 9. The molecule has 0 aromatic heterocycles. The van der Waals surface area contributed by atoms with E-state index in [1.165, 1.54) is 11.1 Å². The Balaban J connectivity index is 0.000000656. The van der Waals surface area contributed by atoms with Gasteiger partial charge in [0.05, 0.1) is 11.7 Å². The van der Waals surface area contributed by atoms with Crippen LogP contribution in [-0.2, 0) is 6.42 Å². The molecule has 0 radical (unpaired) electrons. The molecule has 0 aliphatic carbocycles. The monoisotopic (exact) mass is 494 g/mol. The molecule has 30 heavy (non-hydrogen) atoms. The van der Waals surface area contributed by atoms with E-state index < -0.39 is 0 Å². The molecule has 0 bridgehead atoms. The van der Waals surface area contributed by atoms with Gasteiger partial charge in [-0.3, -0.25) is 9.89 Å². The van der Waals surface area contributed by atoms with Gasteiger partial charge in [0, 0.05) is 48.4 Å². The standard InChI is InChI=1S/C19H27BrClN3.C5H9N/c1-3-5-18(23-9-8-20)19(24-12-10-22-11-13-24)17-7-6-16(21)14-15(17)4-2;1-4-6-5(2)3/h5-7,9,14,19,22H,3-4,8,10-13H2,1-2H3;4,6H,1-2H2,3H3/b18-5-,23-9?;/t19-;/m1./s1. The van der Waals surface area contributed by atoms with Crippen molar-refractivity contribution in [3.63, 3.8) is 0 Å². The minimum absolute atomic E-state index is 0.189. The summed E-state index contributed by atoms with van der Waals surface area (Å²) in [4.78, 5) is 7.31. The molecule has 1 saturated heterocycles. The van der Waals surface area contributed by atoms with E-state index in [2.05, 4.69) is 76.7 Å². The van der Waals surface area contributed by atoms with Crippen LogP contribution in [0.1, 0.15) is 44.4 Å². The van der Waals surface area contributed by atoms with Gasteiger partial charge in [-0.2, -0.15) is 0 Å². The Morgan fingerprint density at radius 3 is 2.57 bits per heavy atom. The Labute approximate surface area is 196 Å². The average molecular weight is 496 g/mol. The number of aryl methyl sites for hydroxylation is 1. The molecule has 1 atom stereocenters. The normalized spacial score (nSPS) is 16.0. The maximum Gasteiger partial charge on any atom is 0.0776 e. The molecule has 0 saturated carbocycles. The van der Waals surface area contributed by atoms with Crippen molar-refractivity contribution in [2.45, 2.75) is 39.7 Å². The lowest BCUT2D eigenvalue weighted by Crippen LogP contribution is -2.45.